The molecule has 1 aromatic heterocycles. The lowest BCUT2D eigenvalue weighted by Crippen LogP contribution is -2.33. The van der Waals surface area contributed by atoms with Crippen LogP contribution in [0.1, 0.15) is 39.0 Å². The fourth-order valence-corrected chi connectivity index (χ4v) is 3.32. The van der Waals surface area contributed by atoms with Crippen LogP contribution in [0, 0.1) is 6.92 Å². The summed E-state index contributed by atoms with van der Waals surface area (Å²) in [6, 6.07) is 4.91. The lowest BCUT2D eigenvalue weighted by Gasteiger charge is -2.26. The lowest BCUT2D eigenvalue weighted by molar-refractivity contribution is 0.532. The third kappa shape index (κ3) is 1.87. The fourth-order valence-electron chi connectivity index (χ4n) is 3.12. The van der Waals surface area contributed by atoms with Crippen molar-refractivity contribution in [3.05, 3.63) is 28.5 Å². The van der Waals surface area contributed by atoms with Crippen molar-refractivity contribution in [2.45, 2.75) is 46.1 Å². The van der Waals surface area contributed by atoms with Gasteiger partial charge >= 0.3 is 0 Å². The number of aromatic nitrogens is 2. The standard InChI is InChI=1S/C16H20ClN3/c1-9(2)20-8-16(4,5)13-6-11-10(3)18-19-15(17)12(11)7-14(13)20/h6-7,9H,8H2,1-5H3. The van der Waals surface area contributed by atoms with E-state index >= 15 is 0 Å². The molecule has 0 aliphatic carbocycles. The first-order valence-corrected chi connectivity index (χ1v) is 7.43. The smallest absolute Gasteiger partial charge is 0.159 e. The maximum Gasteiger partial charge on any atom is 0.159 e. The Morgan fingerprint density at radius 1 is 1.20 bits per heavy atom. The van der Waals surface area contributed by atoms with E-state index in [0.29, 0.717) is 11.2 Å². The average Bonchev–Trinajstić information content (AvgIpc) is 2.65. The number of rotatable bonds is 1. The number of aryl methyl sites for hydroxylation is 1. The van der Waals surface area contributed by atoms with Gasteiger partial charge in [0.2, 0.25) is 0 Å². The van der Waals surface area contributed by atoms with Gasteiger partial charge in [-0.15, -0.1) is 5.10 Å². The van der Waals surface area contributed by atoms with Gasteiger partial charge in [0.1, 0.15) is 0 Å². The van der Waals surface area contributed by atoms with Gasteiger partial charge in [0, 0.05) is 34.5 Å². The van der Waals surface area contributed by atoms with Gasteiger partial charge in [-0.2, -0.15) is 5.10 Å². The van der Waals surface area contributed by atoms with Crippen LogP contribution in [-0.2, 0) is 5.41 Å². The van der Waals surface area contributed by atoms with E-state index in [1.54, 1.807) is 0 Å². The van der Waals surface area contributed by atoms with Crippen molar-refractivity contribution in [3.63, 3.8) is 0 Å². The van der Waals surface area contributed by atoms with Gasteiger partial charge < -0.3 is 4.90 Å². The predicted octanol–water partition coefficient (Wildman–Crippen LogP) is 4.10. The minimum absolute atomic E-state index is 0.149. The Hall–Kier alpha value is -1.35. The van der Waals surface area contributed by atoms with Gasteiger partial charge in [-0.05, 0) is 38.5 Å². The number of fused-ring (bicyclic) bond motifs is 2. The summed E-state index contributed by atoms with van der Waals surface area (Å²) in [5.41, 5.74) is 3.75. The molecule has 1 aliphatic rings. The largest absolute Gasteiger partial charge is 0.368 e. The highest BCUT2D eigenvalue weighted by molar-refractivity contribution is 6.34. The molecule has 20 heavy (non-hydrogen) atoms. The van der Waals surface area contributed by atoms with Crippen molar-refractivity contribution in [1.29, 1.82) is 0 Å². The van der Waals surface area contributed by atoms with E-state index in [0.717, 1.165) is 23.0 Å². The summed E-state index contributed by atoms with van der Waals surface area (Å²) < 4.78 is 0. The first kappa shape index (κ1) is 13.6. The van der Waals surface area contributed by atoms with Crippen molar-refractivity contribution in [2.24, 2.45) is 0 Å². The second-order valence-corrected chi connectivity index (χ2v) is 6.95. The number of nitrogens with zero attached hydrogens (tertiary/aromatic N) is 3. The van der Waals surface area contributed by atoms with E-state index < -0.39 is 0 Å². The van der Waals surface area contributed by atoms with Crippen LogP contribution < -0.4 is 4.90 Å². The van der Waals surface area contributed by atoms with Gasteiger partial charge in [0.15, 0.2) is 5.15 Å². The molecule has 0 fully saturated rings. The van der Waals surface area contributed by atoms with Crippen molar-refractivity contribution in [2.75, 3.05) is 11.4 Å². The molecule has 1 aliphatic heterocycles. The molecule has 0 saturated heterocycles. The van der Waals surface area contributed by atoms with Crippen LogP contribution in [0.15, 0.2) is 12.1 Å². The van der Waals surface area contributed by atoms with E-state index in [1.807, 2.05) is 6.92 Å². The van der Waals surface area contributed by atoms with Crippen LogP contribution >= 0.6 is 11.6 Å². The Morgan fingerprint density at radius 3 is 2.55 bits per heavy atom. The number of hydrogen-bond donors (Lipinski definition) is 0. The molecule has 0 amide bonds. The summed E-state index contributed by atoms with van der Waals surface area (Å²) in [7, 11) is 0. The summed E-state index contributed by atoms with van der Waals surface area (Å²) in [5, 5.41) is 10.8. The van der Waals surface area contributed by atoms with Crippen LogP contribution in [0.3, 0.4) is 0 Å². The van der Waals surface area contributed by atoms with Crippen molar-refractivity contribution in [1.82, 2.24) is 10.2 Å². The highest BCUT2D eigenvalue weighted by atomic mass is 35.5. The molecule has 1 aromatic carbocycles. The lowest BCUT2D eigenvalue weighted by atomic mass is 9.86. The summed E-state index contributed by atoms with van der Waals surface area (Å²) in [6.45, 7) is 12.1. The molecule has 3 nitrogen and oxygen atoms in total. The molecule has 0 N–H and O–H groups in total. The zero-order chi connectivity index (χ0) is 14.7. The van der Waals surface area contributed by atoms with E-state index in [9.17, 15) is 0 Å². The topological polar surface area (TPSA) is 29.0 Å². The van der Waals surface area contributed by atoms with E-state index in [-0.39, 0.29) is 5.41 Å². The van der Waals surface area contributed by atoms with Crippen LogP contribution in [0.4, 0.5) is 5.69 Å². The summed E-state index contributed by atoms with van der Waals surface area (Å²) >= 11 is 6.24. The fraction of sp³-hybridized carbons (Fsp3) is 0.500. The molecule has 2 aromatic rings. The quantitative estimate of drug-likeness (QED) is 0.791. The Morgan fingerprint density at radius 2 is 1.90 bits per heavy atom. The molecular weight excluding hydrogens is 270 g/mol. The molecule has 0 atom stereocenters. The Bertz CT molecular complexity index is 692. The minimum Gasteiger partial charge on any atom is -0.368 e. The Balaban J connectivity index is 2.35. The minimum atomic E-state index is 0.149. The van der Waals surface area contributed by atoms with Crippen molar-refractivity contribution < 1.29 is 0 Å². The second-order valence-electron chi connectivity index (χ2n) is 6.60. The number of hydrogen-bond acceptors (Lipinski definition) is 3. The van der Waals surface area contributed by atoms with Gasteiger partial charge in [-0.1, -0.05) is 25.4 Å². The molecule has 2 heterocycles. The number of benzene rings is 1. The highest BCUT2D eigenvalue weighted by Crippen LogP contribution is 2.44. The Labute approximate surface area is 124 Å². The van der Waals surface area contributed by atoms with Gasteiger partial charge in [-0.3, -0.25) is 0 Å². The van der Waals surface area contributed by atoms with E-state index in [4.69, 9.17) is 11.6 Å². The molecule has 106 valence electrons. The maximum atomic E-state index is 6.24. The zero-order valence-corrected chi connectivity index (χ0v) is 13.4. The van der Waals surface area contributed by atoms with Crippen molar-refractivity contribution in [3.8, 4) is 0 Å². The molecule has 0 bridgehead atoms. The highest BCUT2D eigenvalue weighted by Gasteiger charge is 2.36. The SMILES string of the molecule is Cc1nnc(Cl)c2cc3c(cc12)C(C)(C)CN3C(C)C. The first-order chi connectivity index (χ1) is 9.31. The molecular formula is C16H20ClN3. The third-order valence-corrected chi connectivity index (χ3v) is 4.54. The van der Waals surface area contributed by atoms with Crippen LogP contribution in [-0.4, -0.2) is 22.8 Å². The summed E-state index contributed by atoms with van der Waals surface area (Å²) in [4.78, 5) is 2.45. The predicted molar refractivity (Wildman–Crippen MR) is 84.8 cm³/mol. The summed E-state index contributed by atoms with van der Waals surface area (Å²) in [6.07, 6.45) is 0. The second kappa shape index (κ2) is 4.32. The monoisotopic (exact) mass is 289 g/mol. The zero-order valence-electron chi connectivity index (χ0n) is 12.7. The normalized spacial score (nSPS) is 17.1. The molecule has 0 spiro atoms. The molecule has 0 radical (unpaired) electrons. The van der Waals surface area contributed by atoms with E-state index in [1.165, 1.54) is 11.3 Å². The van der Waals surface area contributed by atoms with Gasteiger partial charge in [-0.25, -0.2) is 0 Å². The van der Waals surface area contributed by atoms with Crippen LogP contribution in [0.5, 0.6) is 0 Å². The third-order valence-electron chi connectivity index (χ3n) is 4.26. The van der Waals surface area contributed by atoms with E-state index in [2.05, 4.69) is 54.9 Å². The molecule has 0 saturated carbocycles. The van der Waals surface area contributed by atoms with Crippen LogP contribution in [0.2, 0.25) is 5.15 Å². The van der Waals surface area contributed by atoms with Gasteiger partial charge in [0.25, 0.3) is 0 Å². The van der Waals surface area contributed by atoms with Gasteiger partial charge in [0.05, 0.1) is 5.69 Å². The number of halogens is 1. The molecule has 0 unspecified atom stereocenters. The Kier molecular flexibility index (Phi) is 2.94. The average molecular weight is 290 g/mol. The first-order valence-electron chi connectivity index (χ1n) is 7.05. The summed E-state index contributed by atoms with van der Waals surface area (Å²) in [5.74, 6) is 0. The maximum absolute atomic E-state index is 6.24. The van der Waals surface area contributed by atoms with Crippen LogP contribution in [0.25, 0.3) is 10.8 Å². The molecule has 3 rings (SSSR count). The molecule has 4 heteroatoms. The van der Waals surface area contributed by atoms with Crippen molar-refractivity contribution >= 4 is 28.1 Å². The number of anilines is 1.